The molecule has 0 unspecified atom stereocenters. The van der Waals surface area contributed by atoms with Crippen molar-refractivity contribution in [1.29, 1.82) is 0 Å². The van der Waals surface area contributed by atoms with Crippen LogP contribution in [0.5, 0.6) is 0 Å². The van der Waals surface area contributed by atoms with Gasteiger partial charge in [-0.1, -0.05) is 0 Å². The van der Waals surface area contributed by atoms with Crippen molar-refractivity contribution in [2.24, 2.45) is 16.1 Å². The van der Waals surface area contributed by atoms with Crippen molar-refractivity contribution in [3.05, 3.63) is 0 Å². The van der Waals surface area contributed by atoms with Crippen molar-refractivity contribution in [1.82, 2.24) is 5.32 Å². The number of aliphatic imine (C=N–C) groups is 1. The first-order valence-corrected chi connectivity index (χ1v) is 5.25. The van der Waals surface area contributed by atoms with Gasteiger partial charge in [-0.15, -0.1) is 0 Å². The summed E-state index contributed by atoms with van der Waals surface area (Å²) in [6.45, 7) is 5.07. The Balaban J connectivity index is 2.30. The third kappa shape index (κ3) is 3.54. The molecule has 1 rings (SSSR count). The van der Waals surface area contributed by atoms with Gasteiger partial charge in [0.1, 0.15) is 0 Å². The number of hydrogen-bond acceptors (Lipinski definition) is 2. The summed E-state index contributed by atoms with van der Waals surface area (Å²) in [5.41, 5.74) is 5.94. The van der Waals surface area contributed by atoms with Crippen molar-refractivity contribution in [3.8, 4) is 0 Å². The largest absolute Gasteiger partial charge is 0.396 e. The van der Waals surface area contributed by atoms with Crippen LogP contribution in [0.4, 0.5) is 0 Å². The van der Waals surface area contributed by atoms with Crippen LogP contribution < -0.4 is 11.1 Å². The third-order valence-electron chi connectivity index (χ3n) is 2.62. The van der Waals surface area contributed by atoms with E-state index in [4.69, 9.17) is 10.8 Å². The Morgan fingerprint density at radius 3 is 2.64 bits per heavy atom. The maximum Gasteiger partial charge on any atom is 0.188 e. The fourth-order valence-corrected chi connectivity index (χ4v) is 1.50. The summed E-state index contributed by atoms with van der Waals surface area (Å²) in [5, 5.41) is 11.9. The van der Waals surface area contributed by atoms with E-state index in [9.17, 15) is 0 Å². The van der Waals surface area contributed by atoms with Gasteiger partial charge in [0, 0.05) is 19.2 Å². The minimum absolute atomic E-state index is 0.257. The Labute approximate surface area is 85.6 Å². The van der Waals surface area contributed by atoms with Gasteiger partial charge in [0.05, 0.1) is 0 Å². The van der Waals surface area contributed by atoms with Crippen LogP contribution in [-0.2, 0) is 0 Å². The molecule has 82 valence electrons. The molecular formula is C10H21N3O. The van der Waals surface area contributed by atoms with E-state index in [-0.39, 0.29) is 12.0 Å². The normalized spacial score (nSPS) is 19.9. The lowest BCUT2D eigenvalue weighted by molar-refractivity contribution is 0.251. The van der Waals surface area contributed by atoms with Crippen LogP contribution >= 0.6 is 0 Å². The van der Waals surface area contributed by atoms with E-state index < -0.39 is 0 Å². The first-order chi connectivity index (χ1) is 6.58. The van der Waals surface area contributed by atoms with Gasteiger partial charge in [0.2, 0.25) is 0 Å². The highest BCUT2D eigenvalue weighted by molar-refractivity contribution is 5.78. The monoisotopic (exact) mass is 199 g/mol. The molecule has 0 aromatic carbocycles. The van der Waals surface area contributed by atoms with E-state index in [0.29, 0.717) is 12.0 Å². The summed E-state index contributed by atoms with van der Waals surface area (Å²) < 4.78 is 0. The summed E-state index contributed by atoms with van der Waals surface area (Å²) in [6, 6.07) is 0.326. The maximum atomic E-state index is 8.86. The lowest BCUT2D eigenvalue weighted by Gasteiger charge is -2.12. The zero-order valence-corrected chi connectivity index (χ0v) is 9.08. The maximum absolute atomic E-state index is 8.86. The standard InChI is InChI=1S/C10H21N3O/c1-8(2)13-9(11)12-7-10(3-4-10)5-6-14/h8,14H,3-7H2,1-2H3,(H3,11,12,13). The third-order valence-corrected chi connectivity index (χ3v) is 2.62. The van der Waals surface area contributed by atoms with Gasteiger partial charge in [-0.3, -0.25) is 4.99 Å². The van der Waals surface area contributed by atoms with Gasteiger partial charge in [-0.05, 0) is 38.5 Å². The van der Waals surface area contributed by atoms with Gasteiger partial charge in [-0.2, -0.15) is 0 Å². The number of aliphatic hydroxyl groups is 1. The minimum Gasteiger partial charge on any atom is -0.396 e. The molecule has 0 bridgehead atoms. The molecule has 14 heavy (non-hydrogen) atoms. The quantitative estimate of drug-likeness (QED) is 0.445. The van der Waals surface area contributed by atoms with E-state index in [0.717, 1.165) is 13.0 Å². The molecule has 1 fully saturated rings. The molecule has 1 aliphatic carbocycles. The molecule has 0 aliphatic heterocycles. The fraction of sp³-hybridized carbons (Fsp3) is 0.900. The van der Waals surface area contributed by atoms with Crippen LogP contribution in [0.3, 0.4) is 0 Å². The average Bonchev–Trinajstić information content (AvgIpc) is 2.82. The first-order valence-electron chi connectivity index (χ1n) is 5.25. The number of nitrogens with two attached hydrogens (primary N) is 1. The lowest BCUT2D eigenvalue weighted by Crippen LogP contribution is -2.37. The minimum atomic E-state index is 0.257. The molecule has 4 heteroatoms. The van der Waals surface area contributed by atoms with Crippen molar-refractivity contribution >= 4 is 5.96 Å². The van der Waals surface area contributed by atoms with Crippen LogP contribution in [0, 0.1) is 5.41 Å². The highest BCUT2D eigenvalue weighted by Crippen LogP contribution is 2.48. The molecule has 1 saturated carbocycles. The van der Waals surface area contributed by atoms with Gasteiger partial charge < -0.3 is 16.2 Å². The number of aliphatic hydroxyl groups excluding tert-OH is 1. The van der Waals surface area contributed by atoms with Crippen LogP contribution in [0.15, 0.2) is 4.99 Å². The van der Waals surface area contributed by atoms with Crippen LogP contribution in [0.1, 0.15) is 33.1 Å². The smallest absolute Gasteiger partial charge is 0.188 e. The molecular weight excluding hydrogens is 178 g/mol. The molecule has 0 aromatic heterocycles. The molecule has 0 atom stereocenters. The predicted molar refractivity (Wildman–Crippen MR) is 58.1 cm³/mol. The van der Waals surface area contributed by atoms with E-state index in [1.807, 2.05) is 13.8 Å². The predicted octanol–water partition coefficient (Wildman–Crippen LogP) is 0.462. The Morgan fingerprint density at radius 1 is 1.57 bits per heavy atom. The van der Waals surface area contributed by atoms with Gasteiger partial charge in [0.25, 0.3) is 0 Å². The highest BCUT2D eigenvalue weighted by Gasteiger charge is 2.41. The van der Waals surface area contributed by atoms with Crippen LogP contribution in [0.2, 0.25) is 0 Å². The zero-order chi connectivity index (χ0) is 10.6. The first kappa shape index (κ1) is 11.3. The number of guanidine groups is 1. The van der Waals surface area contributed by atoms with E-state index in [1.165, 1.54) is 12.8 Å². The molecule has 0 aromatic rings. The number of hydrogen-bond donors (Lipinski definition) is 3. The van der Waals surface area contributed by atoms with Crippen molar-refractivity contribution in [2.75, 3.05) is 13.2 Å². The van der Waals surface area contributed by atoms with E-state index >= 15 is 0 Å². The summed E-state index contributed by atoms with van der Waals surface area (Å²) >= 11 is 0. The summed E-state index contributed by atoms with van der Waals surface area (Å²) in [7, 11) is 0. The number of rotatable bonds is 5. The van der Waals surface area contributed by atoms with E-state index in [1.54, 1.807) is 0 Å². The molecule has 4 N–H and O–H groups in total. The Morgan fingerprint density at radius 2 is 2.21 bits per heavy atom. The second-order valence-corrected chi connectivity index (χ2v) is 4.47. The Kier molecular flexibility index (Phi) is 3.75. The summed E-state index contributed by atoms with van der Waals surface area (Å²) in [5.74, 6) is 0.518. The SMILES string of the molecule is CC(C)NC(N)=NCC1(CCO)CC1. The zero-order valence-electron chi connectivity index (χ0n) is 9.08. The van der Waals surface area contributed by atoms with Gasteiger partial charge >= 0.3 is 0 Å². The topological polar surface area (TPSA) is 70.6 Å². The van der Waals surface area contributed by atoms with Crippen molar-refractivity contribution < 1.29 is 5.11 Å². The van der Waals surface area contributed by atoms with Crippen molar-refractivity contribution in [2.45, 2.75) is 39.2 Å². The molecule has 0 amide bonds. The molecule has 4 nitrogen and oxygen atoms in total. The van der Waals surface area contributed by atoms with Crippen LogP contribution in [-0.4, -0.2) is 30.3 Å². The molecule has 0 radical (unpaired) electrons. The van der Waals surface area contributed by atoms with Crippen molar-refractivity contribution in [3.63, 3.8) is 0 Å². The molecule has 0 heterocycles. The van der Waals surface area contributed by atoms with Crippen LogP contribution in [0.25, 0.3) is 0 Å². The Hall–Kier alpha value is -0.770. The van der Waals surface area contributed by atoms with Gasteiger partial charge in [0.15, 0.2) is 5.96 Å². The summed E-state index contributed by atoms with van der Waals surface area (Å²) in [4.78, 5) is 4.29. The fourth-order valence-electron chi connectivity index (χ4n) is 1.50. The number of nitrogens with zero attached hydrogens (tertiary/aromatic N) is 1. The second kappa shape index (κ2) is 4.64. The molecule has 1 aliphatic rings. The Bertz CT molecular complexity index is 209. The number of nitrogens with one attached hydrogen (secondary N) is 1. The molecule has 0 saturated heterocycles. The highest BCUT2D eigenvalue weighted by atomic mass is 16.3. The average molecular weight is 199 g/mol. The van der Waals surface area contributed by atoms with E-state index in [2.05, 4.69) is 10.3 Å². The van der Waals surface area contributed by atoms with Gasteiger partial charge in [-0.25, -0.2) is 0 Å². The summed E-state index contributed by atoms with van der Waals surface area (Å²) in [6.07, 6.45) is 3.20. The second-order valence-electron chi connectivity index (χ2n) is 4.47. The molecule has 0 spiro atoms. The lowest BCUT2D eigenvalue weighted by atomic mass is 10.0.